The number of carbonyl (C=O) groups is 1. The molecule has 2 N–H and O–H groups in total. The van der Waals surface area contributed by atoms with Gasteiger partial charge in [0, 0.05) is 29.4 Å². The number of amides is 1. The highest BCUT2D eigenvalue weighted by Gasteiger charge is 2.19. The quantitative estimate of drug-likeness (QED) is 0.743. The van der Waals surface area contributed by atoms with Crippen molar-refractivity contribution in [1.82, 2.24) is 4.90 Å². The molecule has 1 aliphatic rings. The number of hydrogen-bond acceptors (Lipinski definition) is 2. The smallest absolute Gasteiger partial charge is 0.253 e. The Bertz CT molecular complexity index is 366. The standard InChI is InChI=1S/C11H13ClN2O/c12-9-5-8(6-10(13)7-9)11(15)14-3-1-2-4-14/h5-7H,1-4,13H2. The molecule has 1 amide bonds. The summed E-state index contributed by atoms with van der Waals surface area (Å²) in [6.07, 6.45) is 2.17. The van der Waals surface area contributed by atoms with Crippen molar-refractivity contribution in [2.45, 2.75) is 12.8 Å². The molecule has 1 fully saturated rings. The summed E-state index contributed by atoms with van der Waals surface area (Å²) in [5.41, 5.74) is 6.76. The third-order valence-electron chi connectivity index (χ3n) is 2.56. The summed E-state index contributed by atoms with van der Waals surface area (Å²) in [6, 6.07) is 4.98. The van der Waals surface area contributed by atoms with Crippen LogP contribution in [0.2, 0.25) is 5.02 Å². The highest BCUT2D eigenvalue weighted by atomic mass is 35.5. The maximum Gasteiger partial charge on any atom is 0.253 e. The first-order chi connectivity index (χ1) is 7.16. The summed E-state index contributed by atoms with van der Waals surface area (Å²) in [5.74, 6) is 0.0294. The minimum atomic E-state index is 0.0294. The fourth-order valence-electron chi connectivity index (χ4n) is 1.84. The summed E-state index contributed by atoms with van der Waals surface area (Å²) in [7, 11) is 0. The van der Waals surface area contributed by atoms with E-state index < -0.39 is 0 Å². The molecular weight excluding hydrogens is 212 g/mol. The number of rotatable bonds is 1. The van der Waals surface area contributed by atoms with Crippen molar-refractivity contribution in [2.24, 2.45) is 0 Å². The second-order valence-electron chi connectivity index (χ2n) is 3.77. The van der Waals surface area contributed by atoms with E-state index in [0.717, 1.165) is 25.9 Å². The molecule has 0 radical (unpaired) electrons. The topological polar surface area (TPSA) is 46.3 Å². The Labute approximate surface area is 93.8 Å². The van der Waals surface area contributed by atoms with Crippen molar-refractivity contribution < 1.29 is 4.79 Å². The Kier molecular flexibility index (Phi) is 2.82. The van der Waals surface area contributed by atoms with Crippen molar-refractivity contribution in [3.63, 3.8) is 0 Å². The minimum Gasteiger partial charge on any atom is -0.399 e. The molecular formula is C11H13ClN2O. The first-order valence-corrected chi connectivity index (χ1v) is 5.40. The van der Waals surface area contributed by atoms with Gasteiger partial charge in [-0.2, -0.15) is 0 Å². The zero-order valence-corrected chi connectivity index (χ0v) is 9.13. The van der Waals surface area contributed by atoms with Crippen LogP contribution in [0.5, 0.6) is 0 Å². The van der Waals surface area contributed by atoms with E-state index in [2.05, 4.69) is 0 Å². The Hall–Kier alpha value is -1.22. The molecule has 2 rings (SSSR count). The van der Waals surface area contributed by atoms with Gasteiger partial charge in [-0.05, 0) is 31.0 Å². The first kappa shape index (κ1) is 10.3. The molecule has 1 aromatic carbocycles. The second-order valence-corrected chi connectivity index (χ2v) is 4.21. The zero-order valence-electron chi connectivity index (χ0n) is 8.37. The number of likely N-dealkylation sites (tertiary alicyclic amines) is 1. The van der Waals surface area contributed by atoms with E-state index in [1.807, 2.05) is 4.90 Å². The normalized spacial score (nSPS) is 15.7. The molecule has 3 nitrogen and oxygen atoms in total. The molecule has 1 saturated heterocycles. The van der Waals surface area contributed by atoms with Gasteiger partial charge < -0.3 is 10.6 Å². The lowest BCUT2D eigenvalue weighted by molar-refractivity contribution is 0.0793. The number of halogens is 1. The van der Waals surface area contributed by atoms with E-state index in [9.17, 15) is 4.79 Å². The molecule has 1 aromatic rings. The lowest BCUT2D eigenvalue weighted by atomic mass is 10.2. The summed E-state index contributed by atoms with van der Waals surface area (Å²) < 4.78 is 0. The molecule has 0 spiro atoms. The molecule has 0 unspecified atom stereocenters. The van der Waals surface area contributed by atoms with Crippen LogP contribution in [0.4, 0.5) is 5.69 Å². The number of nitrogens with zero attached hydrogens (tertiary/aromatic N) is 1. The van der Waals surface area contributed by atoms with E-state index in [1.165, 1.54) is 0 Å². The van der Waals surface area contributed by atoms with Crippen molar-refractivity contribution in [2.75, 3.05) is 18.8 Å². The van der Waals surface area contributed by atoms with Gasteiger partial charge in [0.05, 0.1) is 0 Å². The molecule has 0 atom stereocenters. The maximum atomic E-state index is 12.0. The van der Waals surface area contributed by atoms with Crippen LogP contribution in [0.25, 0.3) is 0 Å². The van der Waals surface area contributed by atoms with Crippen molar-refractivity contribution in [3.8, 4) is 0 Å². The lowest BCUT2D eigenvalue weighted by Crippen LogP contribution is -2.27. The van der Waals surface area contributed by atoms with E-state index >= 15 is 0 Å². The molecule has 80 valence electrons. The number of anilines is 1. The largest absolute Gasteiger partial charge is 0.399 e. The number of benzene rings is 1. The molecule has 1 aliphatic heterocycles. The van der Waals surface area contributed by atoms with Crippen LogP contribution < -0.4 is 5.73 Å². The number of hydrogen-bond donors (Lipinski definition) is 1. The second kappa shape index (κ2) is 4.11. The van der Waals surface area contributed by atoms with Gasteiger partial charge in [0.1, 0.15) is 0 Å². The maximum absolute atomic E-state index is 12.0. The zero-order chi connectivity index (χ0) is 10.8. The van der Waals surface area contributed by atoms with Gasteiger partial charge in [-0.3, -0.25) is 4.79 Å². The SMILES string of the molecule is Nc1cc(Cl)cc(C(=O)N2CCCC2)c1. The fraction of sp³-hybridized carbons (Fsp3) is 0.364. The molecule has 0 bridgehead atoms. The Morgan fingerprint density at radius 1 is 1.27 bits per heavy atom. The van der Waals surface area contributed by atoms with E-state index in [4.69, 9.17) is 17.3 Å². The summed E-state index contributed by atoms with van der Waals surface area (Å²) in [6.45, 7) is 1.68. The summed E-state index contributed by atoms with van der Waals surface area (Å²) in [5, 5.41) is 0.512. The average molecular weight is 225 g/mol. The van der Waals surface area contributed by atoms with Gasteiger partial charge in [0.2, 0.25) is 0 Å². The Morgan fingerprint density at radius 2 is 1.93 bits per heavy atom. The Balaban J connectivity index is 2.24. The van der Waals surface area contributed by atoms with Crippen LogP contribution in [0.3, 0.4) is 0 Å². The van der Waals surface area contributed by atoms with Crippen LogP contribution in [-0.2, 0) is 0 Å². The average Bonchev–Trinajstić information content (AvgIpc) is 2.67. The van der Waals surface area contributed by atoms with Crippen LogP contribution in [-0.4, -0.2) is 23.9 Å². The number of nitrogen functional groups attached to an aromatic ring is 1. The van der Waals surface area contributed by atoms with E-state index in [-0.39, 0.29) is 5.91 Å². The van der Waals surface area contributed by atoms with Gasteiger partial charge in [-0.15, -0.1) is 0 Å². The highest BCUT2D eigenvalue weighted by molar-refractivity contribution is 6.31. The fourth-order valence-corrected chi connectivity index (χ4v) is 2.08. The van der Waals surface area contributed by atoms with Crippen molar-refractivity contribution in [1.29, 1.82) is 0 Å². The van der Waals surface area contributed by atoms with Crippen LogP contribution in [0.15, 0.2) is 18.2 Å². The van der Waals surface area contributed by atoms with Gasteiger partial charge in [0.15, 0.2) is 0 Å². The third kappa shape index (κ3) is 2.23. The molecule has 0 aliphatic carbocycles. The van der Waals surface area contributed by atoms with E-state index in [1.54, 1.807) is 18.2 Å². The van der Waals surface area contributed by atoms with Gasteiger partial charge in [-0.1, -0.05) is 11.6 Å². The molecule has 4 heteroatoms. The van der Waals surface area contributed by atoms with Crippen LogP contribution >= 0.6 is 11.6 Å². The van der Waals surface area contributed by atoms with Gasteiger partial charge >= 0.3 is 0 Å². The van der Waals surface area contributed by atoms with Gasteiger partial charge in [-0.25, -0.2) is 0 Å². The Morgan fingerprint density at radius 3 is 2.53 bits per heavy atom. The van der Waals surface area contributed by atoms with Crippen LogP contribution in [0.1, 0.15) is 23.2 Å². The number of carbonyl (C=O) groups excluding carboxylic acids is 1. The van der Waals surface area contributed by atoms with Crippen molar-refractivity contribution >= 4 is 23.2 Å². The summed E-state index contributed by atoms with van der Waals surface area (Å²) >= 11 is 5.85. The van der Waals surface area contributed by atoms with E-state index in [0.29, 0.717) is 16.3 Å². The minimum absolute atomic E-state index is 0.0294. The van der Waals surface area contributed by atoms with Crippen molar-refractivity contribution in [3.05, 3.63) is 28.8 Å². The highest BCUT2D eigenvalue weighted by Crippen LogP contribution is 2.19. The predicted octanol–water partition coefficient (Wildman–Crippen LogP) is 2.16. The van der Waals surface area contributed by atoms with Crippen LogP contribution in [0, 0.1) is 0 Å². The summed E-state index contributed by atoms with van der Waals surface area (Å²) in [4.78, 5) is 13.8. The molecule has 15 heavy (non-hydrogen) atoms. The lowest BCUT2D eigenvalue weighted by Gasteiger charge is -2.15. The third-order valence-corrected chi connectivity index (χ3v) is 2.78. The molecule has 0 aromatic heterocycles. The first-order valence-electron chi connectivity index (χ1n) is 5.02. The predicted molar refractivity (Wildman–Crippen MR) is 61.0 cm³/mol. The monoisotopic (exact) mass is 224 g/mol. The van der Waals surface area contributed by atoms with Gasteiger partial charge in [0.25, 0.3) is 5.91 Å². The number of nitrogens with two attached hydrogens (primary N) is 1. The molecule has 1 heterocycles. The molecule has 0 saturated carbocycles.